The molecule has 7 nitrogen and oxygen atoms in total. The molecule has 1 rings (SSSR count). The molecule has 0 radical (unpaired) electrons. The van der Waals surface area contributed by atoms with Gasteiger partial charge in [-0.3, -0.25) is 24.7 Å². The van der Waals surface area contributed by atoms with Gasteiger partial charge in [0.1, 0.15) is 0 Å². The fraction of sp³-hybridized carbons (Fsp3) is 0.333. The third-order valence-electron chi connectivity index (χ3n) is 2.04. The van der Waals surface area contributed by atoms with Crippen LogP contribution in [0.3, 0.4) is 0 Å². The van der Waals surface area contributed by atoms with Crippen LogP contribution in [0.15, 0.2) is 4.79 Å². The predicted molar refractivity (Wildman–Crippen MR) is 55.6 cm³/mol. The number of carboxylic acid groups (broad SMARTS) is 1. The molecule has 3 N–H and O–H groups in total. The minimum absolute atomic E-state index is 0.0800. The van der Waals surface area contributed by atoms with Gasteiger partial charge in [0.05, 0.1) is 12.1 Å². The van der Waals surface area contributed by atoms with Gasteiger partial charge in [-0.1, -0.05) is 0 Å². The highest BCUT2D eigenvalue weighted by molar-refractivity contribution is 5.93. The van der Waals surface area contributed by atoms with E-state index in [1.54, 1.807) is 0 Å². The number of nitrogens with zero attached hydrogens (tertiary/aromatic N) is 1. The highest BCUT2D eigenvalue weighted by Gasteiger charge is 2.39. The molecule has 0 saturated carbocycles. The van der Waals surface area contributed by atoms with Crippen molar-refractivity contribution in [3.63, 3.8) is 0 Å². The minimum Gasteiger partial charge on any atom is -0.481 e. The average molecular weight is 279 g/mol. The molecular formula is C9H8F3N3O4. The van der Waals surface area contributed by atoms with Gasteiger partial charge >= 0.3 is 18.1 Å². The van der Waals surface area contributed by atoms with Crippen molar-refractivity contribution in [3.05, 3.63) is 21.6 Å². The maximum Gasteiger partial charge on any atom is 0.471 e. The number of hydrogen-bond donors (Lipinski definition) is 3. The van der Waals surface area contributed by atoms with Crippen molar-refractivity contribution in [1.29, 1.82) is 0 Å². The second-order valence-electron chi connectivity index (χ2n) is 3.50. The first-order chi connectivity index (χ1) is 8.61. The van der Waals surface area contributed by atoms with Crippen LogP contribution in [0.4, 0.5) is 19.1 Å². The number of anilines is 1. The van der Waals surface area contributed by atoms with E-state index in [9.17, 15) is 27.6 Å². The van der Waals surface area contributed by atoms with E-state index in [0.29, 0.717) is 0 Å². The van der Waals surface area contributed by atoms with E-state index >= 15 is 0 Å². The zero-order chi connectivity index (χ0) is 14.8. The summed E-state index contributed by atoms with van der Waals surface area (Å²) < 4.78 is 35.9. The summed E-state index contributed by atoms with van der Waals surface area (Å²) in [5, 5.41) is 9.90. The Kier molecular flexibility index (Phi) is 3.92. The molecule has 0 bridgehead atoms. The quantitative estimate of drug-likeness (QED) is 0.732. The number of amides is 1. The predicted octanol–water partition coefficient (Wildman–Crippen LogP) is 0.206. The van der Waals surface area contributed by atoms with Gasteiger partial charge in [0.2, 0.25) is 5.95 Å². The molecule has 0 spiro atoms. The van der Waals surface area contributed by atoms with E-state index in [2.05, 4.69) is 4.98 Å². The molecule has 19 heavy (non-hydrogen) atoms. The van der Waals surface area contributed by atoms with Gasteiger partial charge in [-0.15, -0.1) is 0 Å². The monoisotopic (exact) mass is 279 g/mol. The largest absolute Gasteiger partial charge is 0.481 e. The topological polar surface area (TPSA) is 112 Å². The van der Waals surface area contributed by atoms with E-state index < -0.39 is 36.0 Å². The number of nitrogens with one attached hydrogen (secondary N) is 2. The summed E-state index contributed by atoms with van der Waals surface area (Å²) in [5.74, 6) is -4.28. The van der Waals surface area contributed by atoms with Gasteiger partial charge in [-0.2, -0.15) is 13.2 Å². The van der Waals surface area contributed by atoms with Crippen LogP contribution < -0.4 is 10.9 Å². The number of hydrogen-bond acceptors (Lipinski definition) is 4. The van der Waals surface area contributed by atoms with Crippen molar-refractivity contribution in [1.82, 2.24) is 9.97 Å². The first kappa shape index (κ1) is 14.7. The van der Waals surface area contributed by atoms with Crippen LogP contribution in [0, 0.1) is 6.92 Å². The second kappa shape index (κ2) is 5.08. The zero-order valence-electron chi connectivity index (χ0n) is 9.46. The molecule has 104 valence electrons. The molecule has 0 unspecified atom stereocenters. The number of aromatic amines is 1. The maximum absolute atomic E-state index is 12.0. The van der Waals surface area contributed by atoms with Crippen LogP contribution in [0.5, 0.6) is 0 Å². The smallest absolute Gasteiger partial charge is 0.471 e. The summed E-state index contributed by atoms with van der Waals surface area (Å²) >= 11 is 0. The molecule has 0 aliphatic rings. The molecule has 0 aromatic carbocycles. The SMILES string of the molecule is Cc1nc(NC(=O)C(F)(F)F)[nH]c(=O)c1CC(=O)O. The van der Waals surface area contributed by atoms with Crippen molar-refractivity contribution in [3.8, 4) is 0 Å². The van der Waals surface area contributed by atoms with Crippen LogP contribution in [0.1, 0.15) is 11.3 Å². The van der Waals surface area contributed by atoms with E-state index in [1.807, 2.05) is 4.98 Å². The Bertz CT molecular complexity index is 579. The molecule has 1 amide bonds. The number of alkyl halides is 3. The van der Waals surface area contributed by atoms with E-state index in [-0.39, 0.29) is 11.3 Å². The number of halogens is 3. The molecule has 0 fully saturated rings. The number of carboxylic acids is 1. The van der Waals surface area contributed by atoms with Crippen LogP contribution >= 0.6 is 0 Å². The Hall–Kier alpha value is -2.39. The summed E-state index contributed by atoms with van der Waals surface area (Å²) in [6.45, 7) is 1.25. The van der Waals surface area contributed by atoms with Gasteiger partial charge < -0.3 is 5.11 Å². The minimum atomic E-state index is -5.12. The zero-order valence-corrected chi connectivity index (χ0v) is 9.46. The number of rotatable bonds is 3. The van der Waals surface area contributed by atoms with Crippen molar-refractivity contribution >= 4 is 17.8 Å². The fourth-order valence-corrected chi connectivity index (χ4v) is 1.21. The molecule has 0 atom stereocenters. The number of H-pyrrole nitrogens is 1. The van der Waals surface area contributed by atoms with E-state index in [4.69, 9.17) is 5.11 Å². The Morgan fingerprint density at radius 2 is 2.00 bits per heavy atom. The maximum atomic E-state index is 12.0. The van der Waals surface area contributed by atoms with Crippen molar-refractivity contribution in [2.45, 2.75) is 19.5 Å². The summed E-state index contributed by atoms with van der Waals surface area (Å²) in [4.78, 5) is 37.9. The van der Waals surface area contributed by atoms with Crippen LogP contribution in [0.25, 0.3) is 0 Å². The molecule has 0 saturated heterocycles. The number of aliphatic carboxylic acids is 1. The van der Waals surface area contributed by atoms with Crippen LogP contribution in [-0.4, -0.2) is 33.1 Å². The number of aromatic nitrogens is 2. The molecule has 1 heterocycles. The first-order valence-corrected chi connectivity index (χ1v) is 4.81. The van der Waals surface area contributed by atoms with Crippen molar-refractivity contribution in [2.24, 2.45) is 0 Å². The fourth-order valence-electron chi connectivity index (χ4n) is 1.21. The molecular weight excluding hydrogens is 271 g/mol. The normalized spacial score (nSPS) is 11.2. The second-order valence-corrected chi connectivity index (χ2v) is 3.50. The number of aryl methyl sites for hydroxylation is 1. The summed E-state index contributed by atoms with van der Waals surface area (Å²) in [6.07, 6.45) is -5.74. The standard InChI is InChI=1S/C9H8F3N3O4/c1-3-4(2-5(16)17)6(18)14-8(13-3)15-7(19)9(10,11)12/h2H2,1H3,(H,16,17)(H2,13,14,15,18,19). The molecule has 1 aromatic heterocycles. The van der Waals surface area contributed by atoms with E-state index in [0.717, 1.165) is 0 Å². The van der Waals surface area contributed by atoms with Crippen LogP contribution in [-0.2, 0) is 16.0 Å². The highest BCUT2D eigenvalue weighted by Crippen LogP contribution is 2.16. The van der Waals surface area contributed by atoms with Gasteiger partial charge in [-0.05, 0) is 6.92 Å². The average Bonchev–Trinajstić information content (AvgIpc) is 2.21. The third kappa shape index (κ3) is 3.79. The lowest BCUT2D eigenvalue weighted by atomic mass is 10.2. The lowest BCUT2D eigenvalue weighted by molar-refractivity contribution is -0.167. The summed E-state index contributed by atoms with van der Waals surface area (Å²) in [6, 6.07) is 0. The van der Waals surface area contributed by atoms with Crippen LogP contribution in [0.2, 0.25) is 0 Å². The Balaban J connectivity index is 3.05. The third-order valence-corrected chi connectivity index (χ3v) is 2.04. The molecule has 1 aromatic rings. The Labute approximate surface area is 103 Å². The molecule has 0 aliphatic heterocycles. The van der Waals surface area contributed by atoms with Gasteiger partial charge in [0, 0.05) is 5.56 Å². The van der Waals surface area contributed by atoms with Crippen molar-refractivity contribution < 1.29 is 27.9 Å². The van der Waals surface area contributed by atoms with Gasteiger partial charge in [0.15, 0.2) is 0 Å². The lowest BCUT2D eigenvalue weighted by Crippen LogP contribution is -2.32. The summed E-state index contributed by atoms with van der Waals surface area (Å²) in [7, 11) is 0. The first-order valence-electron chi connectivity index (χ1n) is 4.81. The number of carbonyl (C=O) groups excluding carboxylic acids is 1. The van der Waals surface area contributed by atoms with Gasteiger partial charge in [-0.25, -0.2) is 4.98 Å². The Morgan fingerprint density at radius 1 is 1.42 bits per heavy atom. The molecule has 0 aliphatic carbocycles. The van der Waals surface area contributed by atoms with Gasteiger partial charge in [0.25, 0.3) is 5.56 Å². The number of carbonyl (C=O) groups is 2. The summed E-state index contributed by atoms with van der Waals surface area (Å²) in [5.41, 5.74) is -1.20. The molecule has 10 heteroatoms. The highest BCUT2D eigenvalue weighted by atomic mass is 19.4. The lowest BCUT2D eigenvalue weighted by Gasteiger charge is -2.08. The Morgan fingerprint density at radius 3 is 2.42 bits per heavy atom. The van der Waals surface area contributed by atoms with Crippen molar-refractivity contribution in [2.75, 3.05) is 5.32 Å². The van der Waals surface area contributed by atoms with E-state index in [1.165, 1.54) is 12.2 Å².